The van der Waals surface area contributed by atoms with Gasteiger partial charge in [-0.2, -0.15) is 4.98 Å². The summed E-state index contributed by atoms with van der Waals surface area (Å²) in [5.74, 6) is -0.0154. The highest BCUT2D eigenvalue weighted by Crippen LogP contribution is 2.17. The molecular formula is C16H18N6O2. The van der Waals surface area contributed by atoms with Gasteiger partial charge in [0.15, 0.2) is 5.65 Å². The van der Waals surface area contributed by atoms with E-state index in [-0.39, 0.29) is 11.9 Å². The minimum Gasteiger partial charge on any atom is -0.383 e. The van der Waals surface area contributed by atoms with Crippen molar-refractivity contribution in [3.8, 4) is 0 Å². The molecule has 3 aromatic heterocycles. The lowest BCUT2D eigenvalue weighted by Gasteiger charge is -2.09. The molecule has 24 heavy (non-hydrogen) atoms. The maximum Gasteiger partial charge on any atom is 0.258 e. The fraction of sp³-hybridized carbons (Fsp3) is 0.250. The van der Waals surface area contributed by atoms with Gasteiger partial charge in [0.25, 0.3) is 5.91 Å². The monoisotopic (exact) mass is 326 g/mol. The Kier molecular flexibility index (Phi) is 4.66. The minimum atomic E-state index is -0.274. The molecule has 2 N–H and O–H groups in total. The summed E-state index contributed by atoms with van der Waals surface area (Å²) in [4.78, 5) is 20.4. The second-order valence-corrected chi connectivity index (χ2v) is 5.15. The molecule has 3 rings (SSSR count). The highest BCUT2D eigenvalue weighted by atomic mass is 16.5. The Morgan fingerprint density at radius 2 is 2.04 bits per heavy atom. The molecule has 0 aliphatic rings. The number of nitrogens with one attached hydrogen (secondary N) is 2. The van der Waals surface area contributed by atoms with E-state index in [1.165, 1.54) is 0 Å². The molecule has 3 aromatic rings. The van der Waals surface area contributed by atoms with Crippen LogP contribution in [-0.2, 0) is 4.74 Å². The predicted octanol–water partition coefficient (Wildman–Crippen LogP) is 1.74. The Balaban J connectivity index is 1.81. The molecule has 0 radical (unpaired) electrons. The Morgan fingerprint density at radius 3 is 2.79 bits per heavy atom. The van der Waals surface area contributed by atoms with Crippen molar-refractivity contribution in [2.24, 2.45) is 0 Å². The van der Waals surface area contributed by atoms with E-state index in [9.17, 15) is 4.79 Å². The van der Waals surface area contributed by atoms with E-state index in [2.05, 4.69) is 25.7 Å². The van der Waals surface area contributed by atoms with Crippen molar-refractivity contribution >= 4 is 23.2 Å². The van der Waals surface area contributed by atoms with E-state index < -0.39 is 0 Å². The van der Waals surface area contributed by atoms with Gasteiger partial charge in [-0.25, -0.2) is 4.52 Å². The molecular weight excluding hydrogens is 308 g/mol. The number of aryl methyl sites for hydroxylation is 1. The van der Waals surface area contributed by atoms with E-state index in [0.717, 1.165) is 11.4 Å². The van der Waals surface area contributed by atoms with Crippen LogP contribution in [0.1, 0.15) is 16.1 Å². The van der Waals surface area contributed by atoms with Gasteiger partial charge in [0.1, 0.15) is 0 Å². The Bertz CT molecular complexity index is 846. The third-order valence-corrected chi connectivity index (χ3v) is 3.53. The van der Waals surface area contributed by atoms with E-state index in [0.29, 0.717) is 24.4 Å². The molecule has 0 aromatic carbocycles. The number of pyridine rings is 2. The standard InChI is InChI=1S/C16H18N6O2/c1-11-13(18-9-10-24-2)3-4-14-19-16(21-22(11)14)20-15(23)12-5-7-17-8-6-12/h3-8,18H,9-10H2,1-2H3,(H,20,21,23). The van der Waals surface area contributed by atoms with Crippen LogP contribution in [0.3, 0.4) is 0 Å². The lowest BCUT2D eigenvalue weighted by molar-refractivity contribution is 0.102. The molecule has 8 heteroatoms. The van der Waals surface area contributed by atoms with Gasteiger partial charge < -0.3 is 10.1 Å². The van der Waals surface area contributed by atoms with Crippen molar-refractivity contribution in [1.29, 1.82) is 0 Å². The minimum absolute atomic E-state index is 0.258. The molecule has 3 heterocycles. The highest BCUT2D eigenvalue weighted by Gasteiger charge is 2.12. The Hall–Kier alpha value is -3.00. The molecule has 0 atom stereocenters. The van der Waals surface area contributed by atoms with Crippen LogP contribution >= 0.6 is 0 Å². The summed E-state index contributed by atoms with van der Waals surface area (Å²) in [7, 11) is 1.66. The van der Waals surface area contributed by atoms with E-state index in [4.69, 9.17) is 4.74 Å². The Morgan fingerprint density at radius 1 is 1.25 bits per heavy atom. The van der Waals surface area contributed by atoms with Gasteiger partial charge in [-0.1, -0.05) is 0 Å². The smallest absolute Gasteiger partial charge is 0.258 e. The first-order valence-electron chi connectivity index (χ1n) is 7.49. The number of rotatable bonds is 6. The number of hydrogen-bond donors (Lipinski definition) is 2. The van der Waals surface area contributed by atoms with Crippen LogP contribution in [0.2, 0.25) is 0 Å². The van der Waals surface area contributed by atoms with Crippen molar-refractivity contribution in [2.75, 3.05) is 30.9 Å². The zero-order valence-corrected chi connectivity index (χ0v) is 13.5. The molecule has 0 bridgehead atoms. The SMILES string of the molecule is COCCNc1ccc2nc(NC(=O)c3ccncc3)nn2c1C. The normalized spacial score (nSPS) is 10.8. The van der Waals surface area contributed by atoms with Crippen molar-refractivity contribution in [2.45, 2.75) is 6.92 Å². The quantitative estimate of drug-likeness (QED) is 0.670. The zero-order valence-electron chi connectivity index (χ0n) is 13.5. The molecule has 0 aliphatic heterocycles. The third kappa shape index (κ3) is 3.33. The van der Waals surface area contributed by atoms with Crippen molar-refractivity contribution in [1.82, 2.24) is 19.6 Å². The summed E-state index contributed by atoms with van der Waals surface area (Å²) >= 11 is 0. The van der Waals surface area contributed by atoms with Gasteiger partial charge in [0.05, 0.1) is 18.0 Å². The number of fused-ring (bicyclic) bond motifs is 1. The summed E-state index contributed by atoms with van der Waals surface area (Å²) in [6, 6.07) is 7.04. The number of carbonyl (C=O) groups excluding carboxylic acids is 1. The van der Waals surface area contributed by atoms with Crippen LogP contribution in [0.4, 0.5) is 11.6 Å². The van der Waals surface area contributed by atoms with Crippen LogP contribution in [-0.4, -0.2) is 45.8 Å². The van der Waals surface area contributed by atoms with Crippen molar-refractivity contribution < 1.29 is 9.53 Å². The number of amides is 1. The third-order valence-electron chi connectivity index (χ3n) is 3.53. The molecule has 8 nitrogen and oxygen atoms in total. The number of nitrogens with zero attached hydrogens (tertiary/aromatic N) is 4. The maximum absolute atomic E-state index is 12.2. The average Bonchev–Trinajstić information content (AvgIpc) is 3.01. The number of methoxy groups -OCH3 is 1. The molecule has 1 amide bonds. The van der Waals surface area contributed by atoms with Crippen LogP contribution in [0.5, 0.6) is 0 Å². The van der Waals surface area contributed by atoms with E-state index in [1.54, 1.807) is 36.2 Å². The lowest BCUT2D eigenvalue weighted by Crippen LogP contribution is -2.13. The number of aromatic nitrogens is 4. The fourth-order valence-corrected chi connectivity index (χ4v) is 2.28. The second kappa shape index (κ2) is 7.05. The predicted molar refractivity (Wildman–Crippen MR) is 90.3 cm³/mol. The topological polar surface area (TPSA) is 93.4 Å². The van der Waals surface area contributed by atoms with Crippen LogP contribution in [0.15, 0.2) is 36.7 Å². The van der Waals surface area contributed by atoms with Crippen LogP contribution < -0.4 is 10.6 Å². The molecule has 0 unspecified atom stereocenters. The molecule has 0 spiro atoms. The average molecular weight is 326 g/mol. The molecule has 124 valence electrons. The zero-order chi connectivity index (χ0) is 16.9. The van der Waals surface area contributed by atoms with Gasteiger partial charge in [0.2, 0.25) is 5.95 Å². The molecule has 0 saturated heterocycles. The van der Waals surface area contributed by atoms with E-state index >= 15 is 0 Å². The number of carbonyl (C=O) groups is 1. The van der Waals surface area contributed by atoms with Crippen molar-refractivity contribution in [3.05, 3.63) is 47.9 Å². The number of ether oxygens (including phenoxy) is 1. The molecule has 0 aliphatic carbocycles. The summed E-state index contributed by atoms with van der Waals surface area (Å²) < 4.78 is 6.72. The first kappa shape index (κ1) is 15.9. The van der Waals surface area contributed by atoms with E-state index in [1.807, 2.05) is 19.1 Å². The van der Waals surface area contributed by atoms with Gasteiger partial charge in [-0.15, -0.1) is 5.10 Å². The summed E-state index contributed by atoms with van der Waals surface area (Å²) in [6.07, 6.45) is 3.13. The van der Waals surface area contributed by atoms with Crippen LogP contribution in [0.25, 0.3) is 5.65 Å². The second-order valence-electron chi connectivity index (χ2n) is 5.15. The summed E-state index contributed by atoms with van der Waals surface area (Å²) in [5.41, 5.74) is 3.01. The lowest BCUT2D eigenvalue weighted by atomic mass is 10.2. The summed E-state index contributed by atoms with van der Waals surface area (Å²) in [6.45, 7) is 3.25. The summed E-state index contributed by atoms with van der Waals surface area (Å²) in [5, 5.41) is 10.3. The van der Waals surface area contributed by atoms with Gasteiger partial charge in [0, 0.05) is 31.6 Å². The van der Waals surface area contributed by atoms with Gasteiger partial charge in [-0.05, 0) is 31.2 Å². The first-order chi connectivity index (χ1) is 11.7. The maximum atomic E-state index is 12.2. The molecule has 0 fully saturated rings. The first-order valence-corrected chi connectivity index (χ1v) is 7.49. The van der Waals surface area contributed by atoms with Gasteiger partial charge >= 0.3 is 0 Å². The molecule has 0 saturated carbocycles. The largest absolute Gasteiger partial charge is 0.383 e. The van der Waals surface area contributed by atoms with Crippen molar-refractivity contribution in [3.63, 3.8) is 0 Å². The number of anilines is 2. The number of hydrogen-bond acceptors (Lipinski definition) is 6. The highest BCUT2D eigenvalue weighted by molar-refractivity contribution is 6.03. The van der Waals surface area contributed by atoms with Gasteiger partial charge in [-0.3, -0.25) is 15.1 Å². The Labute approximate surface area is 138 Å². The van der Waals surface area contributed by atoms with Crippen LogP contribution in [0, 0.1) is 6.92 Å². The fourth-order valence-electron chi connectivity index (χ4n) is 2.28.